The summed E-state index contributed by atoms with van der Waals surface area (Å²) in [6, 6.07) is 1.83. The van der Waals surface area contributed by atoms with Gasteiger partial charge >= 0.3 is 11.9 Å². The smallest absolute Gasteiger partial charge is 0.328 e. The molecule has 0 amide bonds. The number of halogens is 1. The maximum absolute atomic E-state index is 9.55. The number of carbonyl (C=O) groups is 2. The van der Waals surface area contributed by atoms with Crippen molar-refractivity contribution in [3.8, 4) is 5.88 Å². The Bertz CT molecular complexity index is 739. The molecule has 0 bridgehead atoms. The van der Waals surface area contributed by atoms with Crippen molar-refractivity contribution < 1.29 is 24.5 Å². The van der Waals surface area contributed by atoms with Crippen molar-refractivity contribution in [2.45, 2.75) is 26.4 Å². The summed E-state index contributed by atoms with van der Waals surface area (Å²) >= 11 is 11.5. The van der Waals surface area contributed by atoms with Gasteiger partial charge in [0.25, 0.3) is 0 Å². The second kappa shape index (κ2) is 12.4. The van der Waals surface area contributed by atoms with Crippen LogP contribution in [0.4, 0.5) is 0 Å². The maximum Gasteiger partial charge on any atom is 0.328 e. The van der Waals surface area contributed by atoms with Gasteiger partial charge in [0.05, 0.1) is 17.1 Å². The van der Waals surface area contributed by atoms with Gasteiger partial charge in [0.15, 0.2) is 0 Å². The summed E-state index contributed by atoms with van der Waals surface area (Å²) in [6.07, 6.45) is 3.77. The Morgan fingerprint density at radius 1 is 1.34 bits per heavy atom. The lowest BCUT2D eigenvalue weighted by molar-refractivity contribution is -0.134. The molecule has 1 aliphatic rings. The molecule has 1 unspecified atom stereocenters. The first-order chi connectivity index (χ1) is 13.7. The highest BCUT2D eigenvalue weighted by Gasteiger charge is 2.25. The lowest BCUT2D eigenvalue weighted by Gasteiger charge is -2.24. The van der Waals surface area contributed by atoms with Crippen LogP contribution in [0.1, 0.15) is 25.8 Å². The summed E-state index contributed by atoms with van der Waals surface area (Å²) in [7, 11) is 1.99. The predicted molar refractivity (Wildman–Crippen MR) is 115 cm³/mol. The number of aliphatic carboxylic acids is 2. The van der Waals surface area contributed by atoms with Crippen molar-refractivity contribution in [2.24, 2.45) is 0 Å². The van der Waals surface area contributed by atoms with Crippen LogP contribution in [-0.4, -0.2) is 81.3 Å². The fourth-order valence-corrected chi connectivity index (χ4v) is 3.00. The Kier molecular flexibility index (Phi) is 10.6. The lowest BCUT2D eigenvalue weighted by Crippen LogP contribution is -2.36. The molecule has 2 heterocycles. The van der Waals surface area contributed by atoms with Gasteiger partial charge < -0.3 is 24.7 Å². The highest BCUT2D eigenvalue weighted by atomic mass is 35.5. The monoisotopic (exact) mass is 443 g/mol. The molecule has 1 aromatic rings. The number of rotatable bonds is 7. The molecule has 2 N–H and O–H groups in total. The molecule has 0 saturated carbocycles. The summed E-state index contributed by atoms with van der Waals surface area (Å²) in [5.74, 6) is -1.92. The Morgan fingerprint density at radius 2 is 1.93 bits per heavy atom. The molecule has 0 fully saturated rings. The van der Waals surface area contributed by atoms with E-state index in [1.54, 1.807) is 6.20 Å². The molecular weight excluding hydrogens is 418 g/mol. The Labute approximate surface area is 180 Å². The predicted octanol–water partition coefficient (Wildman–Crippen LogP) is 2.55. The van der Waals surface area contributed by atoms with E-state index in [1.165, 1.54) is 0 Å². The summed E-state index contributed by atoms with van der Waals surface area (Å²) in [6.45, 7) is 8.26. The number of hydrogen-bond acceptors (Lipinski definition) is 6. The molecule has 0 spiro atoms. The SMILES string of the molecule is CCN(CC)CCC1CN(C)C(=S)c2cc(Cl)cnc2O1.O=C(O)/C=C/C(=O)O. The van der Waals surface area contributed by atoms with E-state index in [9.17, 15) is 9.59 Å². The van der Waals surface area contributed by atoms with Crippen LogP contribution in [0, 0.1) is 0 Å². The van der Waals surface area contributed by atoms with E-state index in [4.69, 9.17) is 38.8 Å². The third-order valence-electron chi connectivity index (χ3n) is 4.18. The van der Waals surface area contributed by atoms with Gasteiger partial charge in [0.2, 0.25) is 5.88 Å². The van der Waals surface area contributed by atoms with Gasteiger partial charge in [-0.25, -0.2) is 14.6 Å². The van der Waals surface area contributed by atoms with Gasteiger partial charge in [-0.05, 0) is 25.6 Å². The molecule has 1 aromatic heterocycles. The molecular formula is C19H26ClN3O5S. The standard InChI is InChI=1S/C15H22ClN3OS.C4H4O4/c1-4-19(5-2)7-6-12-10-18(3)15(21)13-8-11(16)9-17-14(13)20-12;5-3(6)1-2-4(7)8/h8-9,12H,4-7,10H2,1-3H3;1-2H,(H,5,6)(H,7,8)/b;2-1+. The number of thiocarbonyl (C=S) groups is 1. The normalized spacial score (nSPS) is 16.0. The van der Waals surface area contributed by atoms with Gasteiger partial charge in [-0.3, -0.25) is 0 Å². The number of fused-ring (bicyclic) bond motifs is 1. The van der Waals surface area contributed by atoms with Crippen LogP contribution in [0.15, 0.2) is 24.4 Å². The minimum atomic E-state index is -1.26. The van der Waals surface area contributed by atoms with E-state index in [0.29, 0.717) is 23.1 Å². The number of carboxylic acids is 2. The molecule has 1 aliphatic heterocycles. The second-order valence-corrected chi connectivity index (χ2v) is 7.08. The molecule has 0 radical (unpaired) electrons. The number of carboxylic acid groups (broad SMARTS) is 2. The molecule has 0 aliphatic carbocycles. The van der Waals surface area contributed by atoms with Crippen molar-refractivity contribution >= 4 is 40.7 Å². The van der Waals surface area contributed by atoms with Crippen molar-refractivity contribution in [1.82, 2.24) is 14.8 Å². The van der Waals surface area contributed by atoms with E-state index in [0.717, 1.165) is 43.2 Å². The highest BCUT2D eigenvalue weighted by Crippen LogP contribution is 2.26. The quantitative estimate of drug-likeness (QED) is 0.486. The number of hydrogen-bond donors (Lipinski definition) is 2. The second-order valence-electron chi connectivity index (χ2n) is 6.26. The van der Waals surface area contributed by atoms with Crippen molar-refractivity contribution in [2.75, 3.05) is 33.2 Å². The number of likely N-dealkylation sites (N-methyl/N-ethyl adjacent to an activating group) is 1. The fourth-order valence-electron chi connectivity index (χ4n) is 2.62. The number of aromatic nitrogens is 1. The average Bonchev–Trinajstić information content (AvgIpc) is 2.78. The summed E-state index contributed by atoms with van der Waals surface area (Å²) in [5.41, 5.74) is 0.810. The van der Waals surface area contributed by atoms with Crippen LogP contribution in [0.25, 0.3) is 0 Å². The first-order valence-corrected chi connectivity index (χ1v) is 9.90. The van der Waals surface area contributed by atoms with Crippen LogP contribution in [-0.2, 0) is 9.59 Å². The van der Waals surface area contributed by atoms with Crippen LogP contribution in [0.5, 0.6) is 5.88 Å². The lowest BCUT2D eigenvalue weighted by atomic mass is 10.2. The highest BCUT2D eigenvalue weighted by molar-refractivity contribution is 7.80. The van der Waals surface area contributed by atoms with E-state index in [1.807, 2.05) is 18.0 Å². The fraction of sp³-hybridized carbons (Fsp3) is 0.474. The number of nitrogens with zero attached hydrogens (tertiary/aromatic N) is 3. The summed E-state index contributed by atoms with van der Waals surface area (Å²) in [5, 5.41) is 16.2. The van der Waals surface area contributed by atoms with Gasteiger partial charge in [-0.1, -0.05) is 37.7 Å². The molecule has 2 rings (SSSR count). The molecule has 1 atom stereocenters. The summed E-state index contributed by atoms with van der Waals surface area (Å²) in [4.78, 5) is 28.6. The molecule has 8 nitrogen and oxygen atoms in total. The Balaban J connectivity index is 0.000000447. The van der Waals surface area contributed by atoms with Crippen molar-refractivity contribution in [1.29, 1.82) is 0 Å². The molecule has 160 valence electrons. The van der Waals surface area contributed by atoms with Gasteiger partial charge in [0, 0.05) is 31.9 Å². The minimum absolute atomic E-state index is 0.0866. The Morgan fingerprint density at radius 3 is 2.45 bits per heavy atom. The van der Waals surface area contributed by atoms with E-state index >= 15 is 0 Å². The largest absolute Gasteiger partial charge is 0.478 e. The van der Waals surface area contributed by atoms with Crippen LogP contribution in [0.3, 0.4) is 0 Å². The zero-order valence-electron chi connectivity index (χ0n) is 16.7. The average molecular weight is 444 g/mol. The zero-order valence-corrected chi connectivity index (χ0v) is 18.2. The molecule has 0 aromatic carbocycles. The van der Waals surface area contributed by atoms with E-state index < -0.39 is 11.9 Å². The van der Waals surface area contributed by atoms with Crippen molar-refractivity contribution in [3.63, 3.8) is 0 Å². The first kappa shape index (κ1) is 24.8. The Hall–Kier alpha value is -2.23. The van der Waals surface area contributed by atoms with Gasteiger partial charge in [-0.15, -0.1) is 0 Å². The zero-order chi connectivity index (χ0) is 22.0. The topological polar surface area (TPSA) is 103 Å². The molecule has 29 heavy (non-hydrogen) atoms. The van der Waals surface area contributed by atoms with Gasteiger partial charge in [-0.2, -0.15) is 0 Å². The molecule has 0 saturated heterocycles. The van der Waals surface area contributed by atoms with Crippen molar-refractivity contribution in [3.05, 3.63) is 35.0 Å². The van der Waals surface area contributed by atoms with Gasteiger partial charge in [0.1, 0.15) is 11.1 Å². The van der Waals surface area contributed by atoms with E-state index in [2.05, 4.69) is 23.7 Å². The minimum Gasteiger partial charge on any atom is -0.478 e. The summed E-state index contributed by atoms with van der Waals surface area (Å²) < 4.78 is 6.07. The maximum atomic E-state index is 9.55. The van der Waals surface area contributed by atoms with Crippen LogP contribution < -0.4 is 4.74 Å². The van der Waals surface area contributed by atoms with Crippen LogP contribution in [0.2, 0.25) is 5.02 Å². The first-order valence-electron chi connectivity index (χ1n) is 9.11. The number of pyridine rings is 1. The van der Waals surface area contributed by atoms with E-state index in [-0.39, 0.29) is 6.10 Å². The number of ether oxygens (including phenoxy) is 1. The third-order valence-corrected chi connectivity index (χ3v) is 4.92. The molecule has 10 heteroatoms. The third kappa shape index (κ3) is 8.76. The van der Waals surface area contributed by atoms with Crippen LogP contribution >= 0.6 is 23.8 Å².